The van der Waals surface area contributed by atoms with Gasteiger partial charge in [-0.3, -0.25) is 0 Å². The summed E-state index contributed by atoms with van der Waals surface area (Å²) in [4.78, 5) is 0.234. The van der Waals surface area contributed by atoms with Crippen LogP contribution in [0.1, 0.15) is 25.7 Å². The second-order valence-corrected chi connectivity index (χ2v) is 9.27. The van der Waals surface area contributed by atoms with Crippen LogP contribution in [-0.4, -0.2) is 50.2 Å². The van der Waals surface area contributed by atoms with E-state index in [2.05, 4.69) is 10.2 Å². The van der Waals surface area contributed by atoms with Gasteiger partial charge >= 0.3 is 0 Å². The zero-order valence-electron chi connectivity index (χ0n) is 17.6. The van der Waals surface area contributed by atoms with Gasteiger partial charge in [0.2, 0.25) is 21.8 Å². The molecule has 0 atom stereocenters. The summed E-state index contributed by atoms with van der Waals surface area (Å²) < 4.78 is 44.2. The lowest BCUT2D eigenvalue weighted by molar-refractivity contribution is 0.355. The summed E-state index contributed by atoms with van der Waals surface area (Å²) in [5.74, 6) is 1.69. The van der Waals surface area contributed by atoms with Crippen molar-refractivity contribution >= 4 is 10.0 Å². The van der Waals surface area contributed by atoms with Crippen molar-refractivity contribution in [3.63, 3.8) is 0 Å². The molecule has 164 valence electrons. The first-order valence-corrected chi connectivity index (χ1v) is 11.6. The molecule has 2 heterocycles. The fourth-order valence-corrected chi connectivity index (χ4v) is 5.21. The molecule has 0 N–H and O–H groups in total. The molecular weight excluding hydrogens is 418 g/mol. The number of sulfonamides is 1. The Morgan fingerprint density at radius 2 is 1.48 bits per heavy atom. The molecule has 0 unspecified atom stereocenters. The number of hydrogen-bond donors (Lipinski definition) is 0. The SMILES string of the molecule is COc1ccc(-c2nnc(-c3cccc(S(=O)(=O)N4CCCCCC4)c3)o2)cc1OC. The van der Waals surface area contributed by atoms with Crippen molar-refractivity contribution in [3.8, 4) is 34.4 Å². The minimum Gasteiger partial charge on any atom is -0.493 e. The van der Waals surface area contributed by atoms with E-state index in [9.17, 15) is 8.42 Å². The average molecular weight is 444 g/mol. The molecule has 1 aliphatic rings. The fourth-order valence-electron chi connectivity index (χ4n) is 3.65. The molecule has 4 rings (SSSR count). The Morgan fingerprint density at radius 1 is 0.839 bits per heavy atom. The van der Waals surface area contributed by atoms with Gasteiger partial charge in [-0.25, -0.2) is 8.42 Å². The van der Waals surface area contributed by atoms with Crippen molar-refractivity contribution in [2.45, 2.75) is 30.6 Å². The van der Waals surface area contributed by atoms with E-state index >= 15 is 0 Å². The first kappa shape index (κ1) is 21.3. The van der Waals surface area contributed by atoms with Gasteiger partial charge in [0.1, 0.15) is 0 Å². The number of nitrogens with zero attached hydrogens (tertiary/aromatic N) is 3. The Morgan fingerprint density at radius 3 is 2.13 bits per heavy atom. The Labute approximate surface area is 181 Å². The van der Waals surface area contributed by atoms with Crippen LogP contribution >= 0.6 is 0 Å². The highest BCUT2D eigenvalue weighted by atomic mass is 32.2. The minimum atomic E-state index is -3.56. The zero-order valence-corrected chi connectivity index (χ0v) is 18.4. The molecule has 2 aromatic carbocycles. The maximum absolute atomic E-state index is 13.1. The first-order chi connectivity index (χ1) is 15.0. The summed E-state index contributed by atoms with van der Waals surface area (Å²) in [6, 6.07) is 11.9. The number of ether oxygens (including phenoxy) is 2. The van der Waals surface area contributed by atoms with Gasteiger partial charge in [-0.05, 0) is 49.2 Å². The molecule has 8 nitrogen and oxygen atoms in total. The van der Waals surface area contributed by atoms with Crippen molar-refractivity contribution in [1.82, 2.24) is 14.5 Å². The van der Waals surface area contributed by atoms with Gasteiger partial charge in [0, 0.05) is 24.2 Å². The Balaban J connectivity index is 1.63. The summed E-state index contributed by atoms with van der Waals surface area (Å²) in [6.07, 6.45) is 3.90. The summed E-state index contributed by atoms with van der Waals surface area (Å²) in [5, 5.41) is 8.23. The van der Waals surface area contributed by atoms with Crippen LogP contribution in [0.3, 0.4) is 0 Å². The topological polar surface area (TPSA) is 94.8 Å². The van der Waals surface area contributed by atoms with Crippen LogP contribution < -0.4 is 9.47 Å². The van der Waals surface area contributed by atoms with Crippen molar-refractivity contribution in [1.29, 1.82) is 0 Å². The molecule has 0 saturated carbocycles. The van der Waals surface area contributed by atoms with E-state index in [0.29, 0.717) is 41.6 Å². The molecule has 0 aliphatic carbocycles. The van der Waals surface area contributed by atoms with Gasteiger partial charge in [0.25, 0.3) is 0 Å². The summed E-state index contributed by atoms with van der Waals surface area (Å²) in [5.41, 5.74) is 1.22. The third-order valence-corrected chi connectivity index (χ3v) is 7.23. The molecule has 31 heavy (non-hydrogen) atoms. The van der Waals surface area contributed by atoms with Crippen LogP contribution in [0, 0.1) is 0 Å². The third-order valence-electron chi connectivity index (χ3n) is 5.34. The first-order valence-electron chi connectivity index (χ1n) is 10.2. The number of rotatable bonds is 6. The maximum Gasteiger partial charge on any atom is 0.248 e. The van der Waals surface area contributed by atoms with Crippen molar-refractivity contribution in [2.24, 2.45) is 0 Å². The maximum atomic E-state index is 13.1. The molecule has 0 amide bonds. The van der Waals surface area contributed by atoms with E-state index in [4.69, 9.17) is 13.9 Å². The fraction of sp³-hybridized carbons (Fsp3) is 0.364. The highest BCUT2D eigenvalue weighted by Crippen LogP contribution is 2.33. The lowest BCUT2D eigenvalue weighted by atomic mass is 10.2. The predicted molar refractivity (Wildman–Crippen MR) is 116 cm³/mol. The van der Waals surface area contributed by atoms with E-state index in [-0.39, 0.29) is 10.8 Å². The highest BCUT2D eigenvalue weighted by Gasteiger charge is 2.26. The molecule has 1 fully saturated rings. The van der Waals surface area contributed by atoms with Crippen LogP contribution in [0.15, 0.2) is 51.8 Å². The molecule has 0 radical (unpaired) electrons. The van der Waals surface area contributed by atoms with Crippen molar-refractivity contribution in [3.05, 3.63) is 42.5 Å². The van der Waals surface area contributed by atoms with Crippen LogP contribution in [0.25, 0.3) is 22.9 Å². The number of methoxy groups -OCH3 is 2. The van der Waals surface area contributed by atoms with Crippen LogP contribution in [0.2, 0.25) is 0 Å². The van der Waals surface area contributed by atoms with Gasteiger partial charge in [-0.2, -0.15) is 4.31 Å². The zero-order chi connectivity index (χ0) is 21.8. The van der Waals surface area contributed by atoms with Crippen molar-refractivity contribution in [2.75, 3.05) is 27.3 Å². The number of hydrogen-bond acceptors (Lipinski definition) is 7. The second-order valence-electron chi connectivity index (χ2n) is 7.33. The quantitative estimate of drug-likeness (QED) is 0.568. The Hall–Kier alpha value is -2.91. The van der Waals surface area contributed by atoms with E-state index < -0.39 is 10.0 Å². The summed E-state index contributed by atoms with van der Waals surface area (Å²) >= 11 is 0. The minimum absolute atomic E-state index is 0.234. The predicted octanol–water partition coefficient (Wildman–Crippen LogP) is 3.99. The van der Waals surface area contributed by atoms with Crippen LogP contribution in [-0.2, 0) is 10.0 Å². The molecule has 0 spiro atoms. The second kappa shape index (κ2) is 9.07. The summed E-state index contributed by atoms with van der Waals surface area (Å²) in [7, 11) is -0.448. The highest BCUT2D eigenvalue weighted by molar-refractivity contribution is 7.89. The third kappa shape index (κ3) is 4.42. The molecule has 0 bridgehead atoms. The normalized spacial score (nSPS) is 15.4. The molecule has 1 saturated heterocycles. The molecular formula is C22H25N3O5S. The largest absolute Gasteiger partial charge is 0.493 e. The van der Waals surface area contributed by atoms with Gasteiger partial charge < -0.3 is 13.9 Å². The number of aromatic nitrogens is 2. The molecule has 9 heteroatoms. The van der Waals surface area contributed by atoms with Crippen LogP contribution in [0.4, 0.5) is 0 Å². The Kier molecular flexibility index (Phi) is 6.24. The summed E-state index contributed by atoms with van der Waals surface area (Å²) in [6.45, 7) is 1.10. The lowest BCUT2D eigenvalue weighted by Gasteiger charge is -2.20. The molecule has 1 aliphatic heterocycles. The van der Waals surface area contributed by atoms with E-state index in [1.165, 1.54) is 0 Å². The van der Waals surface area contributed by atoms with Gasteiger partial charge in [0.15, 0.2) is 11.5 Å². The van der Waals surface area contributed by atoms with Gasteiger partial charge in [0.05, 0.1) is 19.1 Å². The average Bonchev–Trinajstić information content (AvgIpc) is 3.13. The monoisotopic (exact) mass is 443 g/mol. The lowest BCUT2D eigenvalue weighted by Crippen LogP contribution is -2.31. The van der Waals surface area contributed by atoms with E-state index in [1.807, 2.05) is 0 Å². The van der Waals surface area contributed by atoms with Crippen LogP contribution in [0.5, 0.6) is 11.5 Å². The smallest absolute Gasteiger partial charge is 0.248 e. The van der Waals surface area contributed by atoms with E-state index in [1.54, 1.807) is 61.0 Å². The van der Waals surface area contributed by atoms with Crippen molar-refractivity contribution < 1.29 is 22.3 Å². The Bertz CT molecular complexity index is 1150. The van der Waals surface area contributed by atoms with Gasteiger partial charge in [-0.1, -0.05) is 18.9 Å². The molecule has 3 aromatic rings. The number of benzene rings is 2. The standard InChI is InChI=1S/C22H25N3O5S/c1-28-19-11-10-17(15-20(19)29-2)22-24-23-21(30-22)16-8-7-9-18(14-16)31(26,27)25-12-5-3-4-6-13-25/h7-11,14-15H,3-6,12-13H2,1-2H3. The molecule has 1 aromatic heterocycles. The van der Waals surface area contributed by atoms with Gasteiger partial charge in [-0.15, -0.1) is 10.2 Å². The van der Waals surface area contributed by atoms with E-state index in [0.717, 1.165) is 25.7 Å².